The van der Waals surface area contributed by atoms with Gasteiger partial charge in [0.2, 0.25) is 0 Å². The molecule has 1 aliphatic heterocycles. The second kappa shape index (κ2) is 19.6. The van der Waals surface area contributed by atoms with Gasteiger partial charge in [-0.15, -0.1) is 0 Å². The highest BCUT2D eigenvalue weighted by molar-refractivity contribution is 5.78. The van der Waals surface area contributed by atoms with Crippen LogP contribution in [-0.4, -0.2) is 22.8 Å². The van der Waals surface area contributed by atoms with Gasteiger partial charge in [-0.05, 0) is 69.4 Å². The lowest BCUT2D eigenvalue weighted by atomic mass is 10.1. The Balaban J connectivity index is 0.000000491. The first-order valence-electron chi connectivity index (χ1n) is 14.7. The Kier molecular flexibility index (Phi) is 17.0. The van der Waals surface area contributed by atoms with Gasteiger partial charge in [-0.25, -0.2) is 9.98 Å². The number of nitrogens with one attached hydrogen (secondary N) is 1. The van der Waals surface area contributed by atoms with E-state index in [-0.39, 0.29) is 5.69 Å². The fraction of sp³-hybridized carbons (Fsp3) is 0.441. The Morgan fingerprint density at radius 3 is 2.43 bits per heavy atom. The van der Waals surface area contributed by atoms with Crippen LogP contribution in [0.5, 0.6) is 0 Å². The number of aryl methyl sites for hydroxylation is 1. The second-order valence-corrected chi connectivity index (χ2v) is 9.54. The summed E-state index contributed by atoms with van der Waals surface area (Å²) in [5.41, 5.74) is 4.81. The Hall–Kier alpha value is -3.52. The smallest absolute Gasteiger partial charge is 0.375 e. The molecule has 0 unspecified atom stereocenters. The molecule has 0 bridgehead atoms. The van der Waals surface area contributed by atoms with Gasteiger partial charge >= 0.3 is 6.18 Å². The van der Waals surface area contributed by atoms with Crippen molar-refractivity contribution in [2.24, 2.45) is 10.9 Å². The summed E-state index contributed by atoms with van der Waals surface area (Å²) in [5.74, 6) is 1.42. The van der Waals surface area contributed by atoms with Crippen molar-refractivity contribution >= 4 is 17.7 Å². The van der Waals surface area contributed by atoms with Crippen LogP contribution in [0.4, 0.5) is 24.7 Å². The quantitative estimate of drug-likeness (QED) is 0.329. The summed E-state index contributed by atoms with van der Waals surface area (Å²) in [5, 5.41) is 3.58. The van der Waals surface area contributed by atoms with Crippen molar-refractivity contribution in [3.8, 4) is 0 Å². The zero-order valence-corrected chi connectivity index (χ0v) is 26.3. The Bertz CT molecular complexity index is 1240. The van der Waals surface area contributed by atoms with Gasteiger partial charge in [0.1, 0.15) is 0 Å². The maximum absolute atomic E-state index is 12.0. The molecule has 0 aromatic carbocycles. The van der Waals surface area contributed by atoms with E-state index < -0.39 is 11.7 Å². The van der Waals surface area contributed by atoms with Gasteiger partial charge in [-0.1, -0.05) is 71.4 Å². The number of rotatable bonds is 7. The van der Waals surface area contributed by atoms with E-state index in [1.165, 1.54) is 24.8 Å². The van der Waals surface area contributed by atoms with Crippen molar-refractivity contribution in [3.63, 3.8) is 0 Å². The molecule has 0 spiro atoms. The van der Waals surface area contributed by atoms with E-state index in [4.69, 9.17) is 9.72 Å². The van der Waals surface area contributed by atoms with Crippen LogP contribution >= 0.6 is 0 Å². The van der Waals surface area contributed by atoms with Crippen LogP contribution in [0.3, 0.4) is 0 Å². The average Bonchev–Trinajstić information content (AvgIpc) is 3.33. The number of hydrogen-bond donors (Lipinski definition) is 1. The first-order valence-corrected chi connectivity index (χ1v) is 14.7. The van der Waals surface area contributed by atoms with Crippen LogP contribution in [0.2, 0.25) is 0 Å². The number of aliphatic imine (C=N–C) groups is 1. The number of ether oxygens (including phenoxy) is 1. The summed E-state index contributed by atoms with van der Waals surface area (Å²) in [6, 6.07) is 4.39. The highest BCUT2D eigenvalue weighted by atomic mass is 19.4. The maximum atomic E-state index is 12.0. The minimum Gasteiger partial charge on any atom is -0.375 e. The maximum Gasteiger partial charge on any atom is 0.418 e. The minimum atomic E-state index is -4.28. The van der Waals surface area contributed by atoms with Crippen molar-refractivity contribution < 1.29 is 17.9 Å². The molecule has 2 aliphatic rings. The van der Waals surface area contributed by atoms with Crippen molar-refractivity contribution in [2.75, 3.05) is 11.9 Å². The Labute approximate surface area is 250 Å². The lowest BCUT2D eigenvalue weighted by Crippen LogP contribution is -2.07. The SMILES string of the molecule is CC.CC.CC1=CCC=C(Nc2cc(COCCC(C)C)nc3c2CC=CC=N3)C=C1.Cc1ncccc1C(F)(F)F. The number of anilines is 1. The van der Waals surface area contributed by atoms with Crippen LogP contribution in [0, 0.1) is 12.8 Å². The second-order valence-electron chi connectivity index (χ2n) is 9.54. The van der Waals surface area contributed by atoms with Gasteiger partial charge in [0.15, 0.2) is 5.82 Å². The number of alkyl halides is 3. The van der Waals surface area contributed by atoms with E-state index in [0.717, 1.165) is 60.4 Å². The molecule has 3 heterocycles. The van der Waals surface area contributed by atoms with Crippen LogP contribution in [-0.2, 0) is 23.9 Å². The minimum absolute atomic E-state index is 0.0139. The molecule has 42 heavy (non-hydrogen) atoms. The molecule has 0 radical (unpaired) electrons. The summed E-state index contributed by atoms with van der Waals surface area (Å²) < 4.78 is 41.9. The van der Waals surface area contributed by atoms with E-state index >= 15 is 0 Å². The van der Waals surface area contributed by atoms with Crippen LogP contribution in [0.15, 0.2) is 77.1 Å². The van der Waals surface area contributed by atoms with Gasteiger partial charge in [-0.2, -0.15) is 13.2 Å². The summed E-state index contributed by atoms with van der Waals surface area (Å²) in [6.07, 6.45) is 14.4. The zero-order chi connectivity index (χ0) is 31.5. The third kappa shape index (κ3) is 13.0. The topological polar surface area (TPSA) is 59.4 Å². The van der Waals surface area contributed by atoms with E-state index in [9.17, 15) is 13.2 Å². The van der Waals surface area contributed by atoms with Crippen LogP contribution in [0.25, 0.3) is 0 Å². The molecule has 2 aromatic heterocycles. The molecule has 0 saturated heterocycles. The number of nitrogens with zero attached hydrogens (tertiary/aromatic N) is 3. The number of hydrogen-bond acceptors (Lipinski definition) is 5. The fourth-order valence-corrected chi connectivity index (χ4v) is 3.72. The summed E-state index contributed by atoms with van der Waals surface area (Å²) >= 11 is 0. The van der Waals surface area contributed by atoms with Gasteiger partial charge in [0.05, 0.1) is 17.9 Å². The molecular weight excluding hydrogens is 537 g/mol. The lowest BCUT2D eigenvalue weighted by Gasteiger charge is -2.15. The summed E-state index contributed by atoms with van der Waals surface area (Å²) in [6.45, 7) is 17.1. The number of fused-ring (bicyclic) bond motifs is 1. The van der Waals surface area contributed by atoms with E-state index in [1.807, 2.05) is 40.0 Å². The van der Waals surface area contributed by atoms with Crippen molar-refractivity contribution in [3.05, 3.63) is 94.6 Å². The van der Waals surface area contributed by atoms with Crippen molar-refractivity contribution in [1.29, 1.82) is 0 Å². The number of pyridine rings is 2. The molecule has 8 heteroatoms. The molecule has 0 fully saturated rings. The fourth-order valence-electron chi connectivity index (χ4n) is 3.72. The van der Waals surface area contributed by atoms with Crippen molar-refractivity contribution in [1.82, 2.24) is 9.97 Å². The molecule has 0 atom stereocenters. The summed E-state index contributed by atoms with van der Waals surface area (Å²) in [4.78, 5) is 12.8. The monoisotopic (exact) mass is 584 g/mol. The summed E-state index contributed by atoms with van der Waals surface area (Å²) in [7, 11) is 0. The number of aromatic nitrogens is 2. The van der Waals surface area contributed by atoms with E-state index in [2.05, 4.69) is 72.5 Å². The van der Waals surface area contributed by atoms with Gasteiger partial charge in [0, 0.05) is 41.7 Å². The predicted octanol–water partition coefficient (Wildman–Crippen LogP) is 10.1. The molecule has 0 amide bonds. The van der Waals surface area contributed by atoms with Gasteiger partial charge in [0.25, 0.3) is 0 Å². The Morgan fingerprint density at radius 1 is 1.05 bits per heavy atom. The highest BCUT2D eigenvalue weighted by Crippen LogP contribution is 2.31. The molecule has 2 aromatic rings. The molecule has 230 valence electrons. The Morgan fingerprint density at radius 2 is 1.79 bits per heavy atom. The predicted molar refractivity (Wildman–Crippen MR) is 170 cm³/mol. The molecule has 0 saturated carbocycles. The standard InChI is InChI=1S/C23H29N3O.C7H6F3N.2C2H6/c1-17(2)12-14-27-16-20-15-22(21-9-4-5-13-24-23(21)26-20)25-19-8-6-7-18(3)10-11-19;1-5-6(7(8,9)10)3-2-4-11-5;2*1-2/h4-5,7-8,10-11,13,15,17H,6,9,12,14,16H2,1-3H3,(H,25,26);2-4H,1H3;2*1-2H3. The normalized spacial score (nSPS) is 13.5. The highest BCUT2D eigenvalue weighted by Gasteiger charge is 2.32. The largest absolute Gasteiger partial charge is 0.418 e. The molecule has 4 rings (SSSR count). The van der Waals surface area contributed by atoms with E-state index in [1.54, 1.807) is 0 Å². The average molecular weight is 585 g/mol. The zero-order valence-electron chi connectivity index (χ0n) is 26.3. The van der Waals surface area contributed by atoms with Gasteiger partial charge in [-0.3, -0.25) is 4.98 Å². The molecule has 1 aliphatic carbocycles. The third-order valence-corrected chi connectivity index (χ3v) is 5.88. The van der Waals surface area contributed by atoms with Gasteiger partial charge < -0.3 is 10.1 Å². The van der Waals surface area contributed by atoms with Crippen molar-refractivity contribution in [2.45, 2.75) is 87.4 Å². The number of halogens is 3. The molecule has 5 nitrogen and oxygen atoms in total. The number of allylic oxidation sites excluding steroid dienone is 7. The lowest BCUT2D eigenvalue weighted by molar-refractivity contribution is -0.138. The van der Waals surface area contributed by atoms with Crippen LogP contribution in [0.1, 0.15) is 83.8 Å². The van der Waals surface area contributed by atoms with E-state index in [0.29, 0.717) is 12.5 Å². The molecule has 1 N–H and O–H groups in total. The third-order valence-electron chi connectivity index (χ3n) is 5.88. The first kappa shape index (κ1) is 36.5. The van der Waals surface area contributed by atoms with Crippen LogP contribution < -0.4 is 5.32 Å². The molecular formula is C34H47F3N4O. The first-order chi connectivity index (χ1) is 20.1.